The van der Waals surface area contributed by atoms with Crippen molar-refractivity contribution in [2.24, 2.45) is 0 Å². The zero-order chi connectivity index (χ0) is 19.4. The minimum Gasteiger partial charge on any atom is -0.377 e. The van der Waals surface area contributed by atoms with Gasteiger partial charge in [-0.05, 0) is 56.2 Å². The van der Waals surface area contributed by atoms with Gasteiger partial charge in [-0.25, -0.2) is 8.42 Å². The van der Waals surface area contributed by atoms with Crippen LogP contribution in [0.25, 0.3) is 0 Å². The molecule has 0 bridgehead atoms. The predicted octanol–water partition coefficient (Wildman–Crippen LogP) is 3.05. The van der Waals surface area contributed by atoms with E-state index >= 15 is 0 Å². The van der Waals surface area contributed by atoms with Gasteiger partial charge in [0, 0.05) is 31.5 Å². The van der Waals surface area contributed by atoms with Crippen LogP contribution in [0, 0.1) is 6.92 Å². The van der Waals surface area contributed by atoms with Gasteiger partial charge in [-0.3, -0.25) is 4.79 Å². The maximum Gasteiger partial charge on any atom is 0.255 e. The lowest BCUT2D eigenvalue weighted by molar-refractivity contribution is 0.0979. The lowest BCUT2D eigenvalue weighted by atomic mass is 10.2. The van der Waals surface area contributed by atoms with Crippen molar-refractivity contribution >= 4 is 21.6 Å². The van der Waals surface area contributed by atoms with E-state index in [2.05, 4.69) is 5.32 Å². The summed E-state index contributed by atoms with van der Waals surface area (Å²) < 4.78 is 32.2. The van der Waals surface area contributed by atoms with E-state index < -0.39 is 10.0 Å². The van der Waals surface area contributed by atoms with Gasteiger partial charge in [0.1, 0.15) is 0 Å². The molecule has 144 valence electrons. The van der Waals surface area contributed by atoms with Gasteiger partial charge in [0.25, 0.3) is 5.91 Å². The second kappa shape index (κ2) is 8.21. The third kappa shape index (κ3) is 4.74. The average molecular weight is 388 g/mol. The van der Waals surface area contributed by atoms with E-state index in [1.165, 1.54) is 28.6 Å². The van der Waals surface area contributed by atoms with Crippen LogP contribution in [0.15, 0.2) is 53.4 Å². The molecule has 0 unspecified atom stereocenters. The van der Waals surface area contributed by atoms with E-state index in [-0.39, 0.29) is 16.9 Å². The Bertz CT molecular complexity index is 887. The minimum absolute atomic E-state index is 0.0515. The van der Waals surface area contributed by atoms with Crippen LogP contribution in [0.4, 0.5) is 5.69 Å². The van der Waals surface area contributed by atoms with Crippen LogP contribution in [0.5, 0.6) is 0 Å². The zero-order valence-corrected chi connectivity index (χ0v) is 16.3. The summed E-state index contributed by atoms with van der Waals surface area (Å²) in [6.45, 7) is 2.99. The van der Waals surface area contributed by atoms with Crippen molar-refractivity contribution in [3.63, 3.8) is 0 Å². The fourth-order valence-electron chi connectivity index (χ4n) is 2.97. The monoisotopic (exact) mass is 388 g/mol. The first kappa shape index (κ1) is 19.5. The molecule has 1 amide bonds. The Balaban J connectivity index is 1.68. The number of amides is 1. The van der Waals surface area contributed by atoms with Crippen LogP contribution in [0.1, 0.15) is 28.8 Å². The van der Waals surface area contributed by atoms with E-state index in [4.69, 9.17) is 4.74 Å². The number of anilines is 1. The third-order valence-corrected chi connectivity index (χ3v) is 6.46. The normalized spacial score (nSPS) is 17.2. The van der Waals surface area contributed by atoms with E-state index in [1.54, 1.807) is 7.05 Å². The molecule has 3 rings (SSSR count). The fourth-order valence-corrected chi connectivity index (χ4v) is 4.17. The lowest BCUT2D eigenvalue weighted by Gasteiger charge is -2.20. The van der Waals surface area contributed by atoms with E-state index in [0.717, 1.165) is 18.4 Å². The number of likely N-dealkylation sites (N-methyl/N-ethyl adjacent to an activating group) is 1. The van der Waals surface area contributed by atoms with Gasteiger partial charge >= 0.3 is 0 Å². The number of aryl methyl sites for hydroxylation is 1. The quantitative estimate of drug-likeness (QED) is 0.825. The molecule has 0 aromatic heterocycles. The highest BCUT2D eigenvalue weighted by Gasteiger charge is 2.26. The summed E-state index contributed by atoms with van der Waals surface area (Å²) in [6.07, 6.45) is 1.78. The molecule has 27 heavy (non-hydrogen) atoms. The molecule has 6 nitrogen and oxygen atoms in total. The lowest BCUT2D eigenvalue weighted by Crippen LogP contribution is -2.34. The van der Waals surface area contributed by atoms with Crippen LogP contribution in [-0.4, -0.2) is 44.9 Å². The van der Waals surface area contributed by atoms with Crippen molar-refractivity contribution in [3.05, 3.63) is 59.7 Å². The number of nitrogens with zero attached hydrogens (tertiary/aromatic N) is 1. The SMILES string of the molecule is Cc1ccc(NC(=O)c2ccc(S(=O)(=O)N(C)C[C@H]3CCCO3)cc2)cc1. The molecule has 1 saturated heterocycles. The summed E-state index contributed by atoms with van der Waals surface area (Å²) in [5.74, 6) is -0.282. The summed E-state index contributed by atoms with van der Waals surface area (Å²) >= 11 is 0. The number of hydrogen-bond donors (Lipinski definition) is 1. The molecular formula is C20H24N2O4S. The Morgan fingerprint density at radius 2 is 1.81 bits per heavy atom. The number of sulfonamides is 1. The maximum absolute atomic E-state index is 12.7. The van der Waals surface area contributed by atoms with Gasteiger partial charge < -0.3 is 10.1 Å². The van der Waals surface area contributed by atoms with Gasteiger partial charge in [-0.1, -0.05) is 17.7 Å². The largest absolute Gasteiger partial charge is 0.377 e. The number of carbonyl (C=O) groups is 1. The summed E-state index contributed by atoms with van der Waals surface area (Å²) in [6, 6.07) is 13.5. The van der Waals surface area contributed by atoms with Crippen LogP contribution < -0.4 is 5.32 Å². The maximum atomic E-state index is 12.7. The standard InChI is InChI=1S/C20H24N2O4S/c1-15-5-9-17(10-6-15)21-20(23)16-7-11-19(12-8-16)27(24,25)22(2)14-18-4-3-13-26-18/h5-12,18H,3-4,13-14H2,1-2H3,(H,21,23)/t18-/m1/s1. The fraction of sp³-hybridized carbons (Fsp3) is 0.350. The predicted molar refractivity (Wildman–Crippen MR) is 104 cm³/mol. The Hall–Kier alpha value is -2.22. The van der Waals surface area contributed by atoms with Gasteiger partial charge in [0.15, 0.2) is 0 Å². The van der Waals surface area contributed by atoms with Crippen molar-refractivity contribution in [1.29, 1.82) is 0 Å². The second-order valence-corrected chi connectivity index (χ2v) is 8.81. The molecule has 2 aromatic rings. The molecule has 1 fully saturated rings. The molecule has 1 heterocycles. The molecule has 1 aliphatic rings. The number of hydrogen-bond acceptors (Lipinski definition) is 4. The minimum atomic E-state index is -3.61. The first-order chi connectivity index (χ1) is 12.9. The van der Waals surface area contributed by atoms with Crippen LogP contribution >= 0.6 is 0 Å². The zero-order valence-electron chi connectivity index (χ0n) is 15.5. The highest BCUT2D eigenvalue weighted by Crippen LogP contribution is 2.20. The summed E-state index contributed by atoms with van der Waals surface area (Å²) in [4.78, 5) is 12.5. The first-order valence-corrected chi connectivity index (χ1v) is 10.4. The van der Waals surface area contributed by atoms with E-state index in [1.807, 2.05) is 31.2 Å². The van der Waals surface area contributed by atoms with Crippen LogP contribution in [-0.2, 0) is 14.8 Å². The second-order valence-electron chi connectivity index (χ2n) is 6.77. The Kier molecular flexibility index (Phi) is 5.94. The highest BCUT2D eigenvalue weighted by molar-refractivity contribution is 7.89. The third-order valence-electron chi connectivity index (χ3n) is 4.62. The van der Waals surface area contributed by atoms with Crippen LogP contribution in [0.3, 0.4) is 0 Å². The molecule has 0 spiro atoms. The number of carbonyl (C=O) groups excluding carboxylic acids is 1. The number of nitrogens with one attached hydrogen (secondary N) is 1. The summed E-state index contributed by atoms with van der Waals surface area (Å²) in [5, 5.41) is 2.80. The summed E-state index contributed by atoms with van der Waals surface area (Å²) in [5.41, 5.74) is 2.20. The highest BCUT2D eigenvalue weighted by atomic mass is 32.2. The van der Waals surface area contributed by atoms with Crippen molar-refractivity contribution < 1.29 is 17.9 Å². The average Bonchev–Trinajstić information content (AvgIpc) is 3.16. The van der Waals surface area contributed by atoms with Crippen molar-refractivity contribution in [2.75, 3.05) is 25.5 Å². The van der Waals surface area contributed by atoms with Crippen molar-refractivity contribution in [1.82, 2.24) is 4.31 Å². The van der Waals surface area contributed by atoms with E-state index in [0.29, 0.717) is 24.4 Å². The van der Waals surface area contributed by atoms with Crippen molar-refractivity contribution in [3.8, 4) is 0 Å². The number of rotatable bonds is 6. The molecule has 7 heteroatoms. The number of benzene rings is 2. The molecule has 0 saturated carbocycles. The molecule has 2 aromatic carbocycles. The smallest absolute Gasteiger partial charge is 0.255 e. The molecule has 0 radical (unpaired) electrons. The molecule has 1 aliphatic heterocycles. The van der Waals surface area contributed by atoms with E-state index in [9.17, 15) is 13.2 Å². The molecule has 1 atom stereocenters. The van der Waals surface area contributed by atoms with Gasteiger partial charge in [-0.15, -0.1) is 0 Å². The number of ether oxygens (including phenoxy) is 1. The van der Waals surface area contributed by atoms with Crippen molar-refractivity contribution in [2.45, 2.75) is 30.8 Å². The first-order valence-electron chi connectivity index (χ1n) is 8.92. The Morgan fingerprint density at radius 3 is 2.41 bits per heavy atom. The topological polar surface area (TPSA) is 75.7 Å². The Morgan fingerprint density at radius 1 is 1.15 bits per heavy atom. The molecule has 0 aliphatic carbocycles. The molecular weight excluding hydrogens is 364 g/mol. The summed E-state index contributed by atoms with van der Waals surface area (Å²) in [7, 11) is -2.06. The van der Waals surface area contributed by atoms with Crippen LogP contribution in [0.2, 0.25) is 0 Å². The van der Waals surface area contributed by atoms with Gasteiger partial charge in [0.2, 0.25) is 10.0 Å². The van der Waals surface area contributed by atoms with Gasteiger partial charge in [0.05, 0.1) is 11.0 Å². The Labute approximate surface area is 160 Å². The molecule has 1 N–H and O–H groups in total. The van der Waals surface area contributed by atoms with Gasteiger partial charge in [-0.2, -0.15) is 4.31 Å².